The zero-order valence-corrected chi connectivity index (χ0v) is 29.9. The summed E-state index contributed by atoms with van der Waals surface area (Å²) >= 11 is 55.0. The summed E-state index contributed by atoms with van der Waals surface area (Å²) in [7, 11) is 0. The van der Waals surface area contributed by atoms with Gasteiger partial charge in [0, 0.05) is 5.41 Å². The minimum Gasteiger partial charge on any atom is -0.146 e. The summed E-state index contributed by atoms with van der Waals surface area (Å²) in [6, 6.07) is 8.34. The van der Waals surface area contributed by atoms with E-state index in [2.05, 4.69) is 39.8 Å². The highest BCUT2D eigenvalue weighted by Gasteiger charge is 2.62. The first-order valence-corrected chi connectivity index (χ1v) is 29.1. The van der Waals surface area contributed by atoms with E-state index in [1.807, 2.05) is 38.3 Å². The lowest BCUT2D eigenvalue weighted by Crippen LogP contribution is -2.54. The van der Waals surface area contributed by atoms with E-state index in [9.17, 15) is 0 Å². The molecule has 0 aromatic heterocycles. The number of rotatable bonds is 10. The van der Waals surface area contributed by atoms with Crippen LogP contribution in [0.4, 0.5) is 0 Å². The smallest absolute Gasteiger partial charge is 0.146 e. The van der Waals surface area contributed by atoms with Crippen LogP contribution in [0, 0.1) is 0 Å². The Morgan fingerprint density at radius 2 is 0.969 bits per heavy atom. The van der Waals surface area contributed by atoms with Crippen molar-refractivity contribution in [3.05, 3.63) is 35.4 Å². The molecule has 1 aromatic carbocycles. The lowest BCUT2D eigenvalue weighted by Gasteiger charge is -2.55. The van der Waals surface area contributed by atoms with Crippen LogP contribution in [0.5, 0.6) is 0 Å². The molecule has 0 fully saturated rings. The normalized spacial score (nSPS) is 19.8. The molecule has 0 heterocycles. The molecular weight excluding hydrogens is 636 g/mol. The monoisotopic (exact) mass is 666 g/mol. The van der Waals surface area contributed by atoms with Gasteiger partial charge in [-0.2, -0.15) is 0 Å². The highest BCUT2D eigenvalue weighted by Crippen LogP contribution is 2.65. The van der Waals surface area contributed by atoms with Crippen molar-refractivity contribution >= 4 is 115 Å². The predicted molar refractivity (Wildman–Crippen MR) is 163 cm³/mol. The average molecular weight is 670 g/mol. The molecule has 0 nitrogen and oxygen atoms in total. The van der Waals surface area contributed by atoms with Crippen LogP contribution in [0.2, 0.25) is 48.4 Å². The van der Waals surface area contributed by atoms with E-state index < -0.39 is 32.2 Å². The summed E-state index contributed by atoms with van der Waals surface area (Å²) in [5, 5.41) is 0. The van der Waals surface area contributed by atoms with Crippen LogP contribution in [0.15, 0.2) is 24.3 Å². The summed E-state index contributed by atoms with van der Waals surface area (Å²) in [5.41, 5.74) is 1.43. The SMILES string of the molecule is CC(Cc1ccccc1C(C(C)[Si](C)(Cl)Cl)(C(C)[Si](C)(Cl)Cl)C(C)[Si](C)(Cl)Cl)[Si](C)(Cl)Cl. The maximum atomic E-state index is 6.96. The molecule has 32 heavy (non-hydrogen) atoms. The van der Waals surface area contributed by atoms with Crippen molar-refractivity contribution in [1.82, 2.24) is 0 Å². The zero-order chi connectivity index (χ0) is 25.5. The second kappa shape index (κ2) is 11.4. The van der Waals surface area contributed by atoms with Gasteiger partial charge in [0.15, 0.2) is 0 Å². The Bertz CT molecular complexity index is 714. The Morgan fingerprint density at radius 3 is 1.28 bits per heavy atom. The second-order valence-corrected chi connectivity index (χ2v) is 42.1. The lowest BCUT2D eigenvalue weighted by molar-refractivity contribution is 0.366. The molecule has 0 spiro atoms. The topological polar surface area (TPSA) is 0 Å². The fraction of sp³-hybridized carbons (Fsp3) is 0.700. The highest BCUT2D eigenvalue weighted by molar-refractivity contribution is 7.47. The third kappa shape index (κ3) is 7.47. The van der Waals surface area contributed by atoms with Crippen molar-refractivity contribution in [3.63, 3.8) is 0 Å². The molecule has 186 valence electrons. The van der Waals surface area contributed by atoms with Crippen molar-refractivity contribution in [3.8, 4) is 0 Å². The van der Waals surface area contributed by atoms with Gasteiger partial charge in [-0.1, -0.05) is 52.0 Å². The van der Waals surface area contributed by atoms with Gasteiger partial charge in [0.2, 0.25) is 0 Å². The summed E-state index contributed by atoms with van der Waals surface area (Å²) in [5.74, 6) is 0. The Hall–Kier alpha value is 2.41. The van der Waals surface area contributed by atoms with Crippen molar-refractivity contribution in [2.24, 2.45) is 0 Å². The molecule has 4 atom stereocenters. The molecule has 0 N–H and O–H groups in total. The maximum Gasteiger partial charge on any atom is 0.251 e. The third-order valence-electron chi connectivity index (χ3n) is 7.31. The van der Waals surface area contributed by atoms with Crippen LogP contribution >= 0.6 is 88.6 Å². The highest BCUT2D eigenvalue weighted by atomic mass is 35.7. The molecule has 1 aromatic rings. The first-order valence-electron chi connectivity index (χ1n) is 10.7. The van der Waals surface area contributed by atoms with Crippen LogP contribution in [-0.2, 0) is 11.8 Å². The molecule has 0 saturated carbocycles. The van der Waals surface area contributed by atoms with Crippen molar-refractivity contribution in [1.29, 1.82) is 0 Å². The van der Waals surface area contributed by atoms with E-state index in [-0.39, 0.29) is 22.2 Å². The summed E-state index contributed by atoms with van der Waals surface area (Å²) in [4.78, 5) is 0. The summed E-state index contributed by atoms with van der Waals surface area (Å²) < 4.78 is 0. The van der Waals surface area contributed by atoms with Gasteiger partial charge >= 0.3 is 0 Å². The van der Waals surface area contributed by atoms with Crippen LogP contribution in [0.25, 0.3) is 0 Å². The van der Waals surface area contributed by atoms with Gasteiger partial charge in [-0.3, -0.25) is 0 Å². The summed E-state index contributed by atoms with van der Waals surface area (Å²) in [6.07, 6.45) is 0.730. The first-order chi connectivity index (χ1) is 14.1. The maximum absolute atomic E-state index is 6.96. The molecular formula is C20H34Cl8Si4. The predicted octanol–water partition coefficient (Wildman–Crippen LogP) is 11.2. The Labute approximate surface area is 236 Å². The molecule has 12 heteroatoms. The Balaban J connectivity index is 4.08. The van der Waals surface area contributed by atoms with Crippen molar-refractivity contribution in [2.45, 2.75) is 87.9 Å². The molecule has 0 aliphatic carbocycles. The average Bonchev–Trinajstić information content (AvgIpc) is 2.60. The Morgan fingerprint density at radius 1 is 0.625 bits per heavy atom. The van der Waals surface area contributed by atoms with Crippen molar-refractivity contribution in [2.75, 3.05) is 0 Å². The minimum absolute atomic E-state index is 0.121. The van der Waals surface area contributed by atoms with Gasteiger partial charge < -0.3 is 0 Å². The Kier molecular flexibility index (Phi) is 11.6. The third-order valence-corrected chi connectivity index (χ3v) is 23.4. The fourth-order valence-electron chi connectivity index (χ4n) is 4.71. The standard InChI is InChI=1S/C20H34Cl8Si4/c1-14(29(5,21)22)13-18-11-9-10-12-19(18)20(15(2)30(6,23)24,16(3)31(7,25)26)17(4)32(8,27)28/h9-12,14-17H,13H2,1-8H3. The van der Waals surface area contributed by atoms with E-state index in [0.29, 0.717) is 0 Å². The van der Waals surface area contributed by atoms with Crippen molar-refractivity contribution < 1.29 is 0 Å². The zero-order valence-electron chi connectivity index (χ0n) is 19.8. The fourth-order valence-corrected chi connectivity index (χ4v) is 14.0. The molecule has 0 aliphatic rings. The van der Waals surface area contributed by atoms with Gasteiger partial charge in [-0.05, 0) is 65.9 Å². The molecule has 0 aliphatic heterocycles. The molecule has 0 radical (unpaired) electrons. The van der Waals surface area contributed by atoms with E-state index in [0.717, 1.165) is 17.5 Å². The molecule has 0 saturated heterocycles. The lowest BCUT2D eigenvalue weighted by atomic mass is 9.70. The van der Waals surface area contributed by atoms with Crippen LogP contribution in [0.3, 0.4) is 0 Å². The number of hydrogen-bond donors (Lipinski definition) is 0. The molecule has 0 bridgehead atoms. The first kappa shape index (κ1) is 32.4. The summed E-state index contributed by atoms with van der Waals surface area (Å²) in [6.45, 7) is 5.59. The van der Waals surface area contributed by atoms with Crippen LogP contribution < -0.4 is 0 Å². The quantitative estimate of drug-likeness (QED) is 0.172. The van der Waals surface area contributed by atoms with E-state index in [4.69, 9.17) is 88.6 Å². The molecule has 0 amide bonds. The van der Waals surface area contributed by atoms with Gasteiger partial charge in [-0.15, -0.1) is 88.6 Å². The number of hydrogen-bond acceptors (Lipinski definition) is 0. The van der Waals surface area contributed by atoms with E-state index in [1.54, 1.807) is 0 Å². The minimum atomic E-state index is -2.75. The second-order valence-electron chi connectivity index (χ2n) is 9.69. The van der Waals surface area contributed by atoms with Gasteiger partial charge in [0.1, 0.15) is 0 Å². The number of benzene rings is 1. The number of halogens is 8. The molecule has 4 unspecified atom stereocenters. The van der Waals surface area contributed by atoms with Gasteiger partial charge in [0.05, 0.1) is 0 Å². The van der Waals surface area contributed by atoms with E-state index >= 15 is 0 Å². The largest absolute Gasteiger partial charge is 0.251 e. The van der Waals surface area contributed by atoms with Gasteiger partial charge in [-0.25, -0.2) is 0 Å². The van der Waals surface area contributed by atoms with E-state index in [1.165, 1.54) is 0 Å². The van der Waals surface area contributed by atoms with Crippen LogP contribution in [0.1, 0.15) is 38.8 Å². The van der Waals surface area contributed by atoms with Crippen LogP contribution in [-0.4, -0.2) is 26.8 Å². The molecule has 1 rings (SSSR count). The van der Waals surface area contributed by atoms with Gasteiger partial charge in [0.25, 0.3) is 26.8 Å².